The Balaban J connectivity index is 0. The molecule has 25 valence electrons. The van der Waals surface area contributed by atoms with E-state index in [-0.39, 0.29) is 38.0 Å². The minimum Gasteiger partial charge on any atom is 0 e. The number of halogens is 3. The van der Waals surface area contributed by atoms with Gasteiger partial charge in [-0.05, 0) is 0 Å². The summed E-state index contributed by atoms with van der Waals surface area (Å²) in [5.74, 6) is 0. The summed E-state index contributed by atoms with van der Waals surface area (Å²) in [5.41, 5.74) is 0. The van der Waals surface area contributed by atoms with Crippen LogP contribution in [0.1, 0.15) is 0 Å². The van der Waals surface area contributed by atoms with Gasteiger partial charge in [0, 0.05) is 38.0 Å². The van der Waals surface area contributed by atoms with E-state index in [0.29, 0.717) is 0 Å². The number of hydrogen-bond acceptors (Lipinski definition) is 0. The maximum atomic E-state index is 0. The molecule has 0 rings (SSSR count). The van der Waals surface area contributed by atoms with Crippen LogP contribution in [0, 0.1) is 0 Å². The molecule has 4 heavy (non-hydrogen) atoms. The minimum absolute atomic E-state index is 0. The van der Waals surface area contributed by atoms with Crippen LogP contribution < -0.4 is 0 Å². The molecule has 0 aliphatic rings. The Bertz CT molecular complexity index is 3.25. The van der Waals surface area contributed by atoms with Gasteiger partial charge in [0.2, 0.25) is 0 Å². The zero-order chi connectivity index (χ0) is 0. The molecule has 0 aliphatic heterocycles. The Morgan fingerprint density at radius 3 is 0.500 bits per heavy atom. The molecule has 0 aromatic rings. The molecule has 4 heteroatoms. The summed E-state index contributed by atoms with van der Waals surface area (Å²) in [4.78, 5) is 0. The van der Waals surface area contributed by atoms with Gasteiger partial charge in [-0.15, -0.1) is 0 Å². The van der Waals surface area contributed by atoms with Crippen LogP contribution in [0.25, 0.3) is 0 Å². The van der Waals surface area contributed by atoms with Crippen LogP contribution in [0.2, 0.25) is 0 Å². The summed E-state index contributed by atoms with van der Waals surface area (Å²) in [5, 5.41) is 0. The van der Waals surface area contributed by atoms with Gasteiger partial charge in [-0.2, -0.15) is 0 Å². The van der Waals surface area contributed by atoms with E-state index in [1.54, 1.807) is 0 Å². The average molecular weight is 176 g/mol. The van der Waals surface area contributed by atoms with E-state index in [4.69, 9.17) is 0 Å². The summed E-state index contributed by atoms with van der Waals surface area (Å²) >= 11 is 0. The molecule has 0 nitrogen and oxygen atoms in total. The smallest absolute Gasteiger partial charge is 0 e. The third-order valence-electron chi connectivity index (χ3n) is 0. The fourth-order valence-corrected chi connectivity index (χ4v) is 0. The monoisotopic (exact) mass is 177 g/mol. The second-order valence-electron chi connectivity index (χ2n) is 0. The molecule has 0 unspecified atom stereocenters. The van der Waals surface area contributed by atoms with E-state index >= 15 is 0 Å². The molecule has 0 amide bonds. The van der Waals surface area contributed by atoms with Gasteiger partial charge in [0.15, 0.2) is 0 Å². The third-order valence-corrected chi connectivity index (χ3v) is 0. The molecule has 0 aromatic carbocycles. The Morgan fingerprint density at radius 1 is 0.500 bits per heavy atom. The average Bonchev–Trinajstić information content (AvgIpc) is 0. The molecule has 0 atom stereocenters. The second kappa shape index (κ2) is 69.4. The predicted molar refractivity (Wildman–Crippen MR) is 9.08 cm³/mol. The maximum Gasteiger partial charge on any atom is 0 e. The van der Waals surface area contributed by atoms with Crippen LogP contribution in [-0.2, 0) is 0 Å². The molecule has 0 aromatic heterocycles. The van der Waals surface area contributed by atoms with Gasteiger partial charge in [0.05, 0.1) is 0 Å². The van der Waals surface area contributed by atoms with Crippen LogP contribution in [0.5, 0.6) is 0 Å². The van der Waals surface area contributed by atoms with Crippen molar-refractivity contribution in [2.24, 2.45) is 0 Å². The molecule has 0 aliphatic carbocycles. The summed E-state index contributed by atoms with van der Waals surface area (Å²) < 4.78 is 0. The molecule has 0 saturated carbocycles. The molecule has 0 saturated heterocycles. The fourth-order valence-electron chi connectivity index (χ4n) is 0. The quantitative estimate of drug-likeness (QED) is 0.480. The Morgan fingerprint density at radius 2 is 0.500 bits per heavy atom. The predicted octanol–water partition coefficient (Wildman–Crippen LogP) is 0.880. The van der Waals surface area contributed by atoms with Crippen molar-refractivity contribution in [2.75, 3.05) is 0 Å². The van der Waals surface area contributed by atoms with Crippen molar-refractivity contribution in [3.05, 3.63) is 0 Å². The number of hydrogen-bond donors (Lipinski definition) is 0. The molecule has 7 radical (unpaired) electrons. The standard InChI is InChI=1S/3F.Sn. The minimum atomic E-state index is 0. The zero-order valence-electron chi connectivity index (χ0n) is 1.63. The first kappa shape index (κ1) is 171. The van der Waals surface area contributed by atoms with Crippen molar-refractivity contribution in [3.63, 3.8) is 0 Å². The SMILES string of the molecule is [F].[F].[F].[Sn]. The van der Waals surface area contributed by atoms with E-state index < -0.39 is 0 Å². The Kier molecular flexibility index (Phi) is 2960. The topological polar surface area (TPSA) is 0 Å². The largest absolute Gasteiger partial charge is 0 e. The molecule has 0 spiro atoms. The molecule has 0 N–H and O–H groups in total. The molecular weight excluding hydrogens is 176 g/mol. The first-order valence-corrected chi connectivity index (χ1v) is 0. The van der Waals surface area contributed by atoms with Crippen molar-refractivity contribution in [1.82, 2.24) is 0 Å². The van der Waals surface area contributed by atoms with Gasteiger partial charge in [-0.25, -0.2) is 0 Å². The van der Waals surface area contributed by atoms with E-state index in [1.807, 2.05) is 0 Å². The maximum absolute atomic E-state index is 0. The van der Waals surface area contributed by atoms with Crippen LogP contribution in [0.3, 0.4) is 0 Å². The van der Waals surface area contributed by atoms with Crippen LogP contribution in [-0.4, -0.2) is 23.9 Å². The van der Waals surface area contributed by atoms with Gasteiger partial charge in [-0.1, -0.05) is 0 Å². The van der Waals surface area contributed by atoms with Crippen molar-refractivity contribution in [2.45, 2.75) is 0 Å². The van der Waals surface area contributed by atoms with Crippen LogP contribution in [0.4, 0.5) is 14.1 Å². The molecular formula is F3Sn. The van der Waals surface area contributed by atoms with Crippen molar-refractivity contribution in [1.29, 1.82) is 0 Å². The summed E-state index contributed by atoms with van der Waals surface area (Å²) in [7, 11) is 0. The fraction of sp³-hybridized carbons (Fsp3) is 0. The first-order valence-electron chi connectivity index (χ1n) is 0. The molecule has 0 fully saturated rings. The van der Waals surface area contributed by atoms with Gasteiger partial charge < -0.3 is 0 Å². The van der Waals surface area contributed by atoms with Gasteiger partial charge in [-0.3, -0.25) is 0 Å². The van der Waals surface area contributed by atoms with Crippen molar-refractivity contribution < 1.29 is 14.1 Å². The van der Waals surface area contributed by atoms with Crippen molar-refractivity contribution >= 4 is 23.9 Å². The Hall–Kier alpha value is 0.589. The normalized spacial score (nSPS) is 0. The summed E-state index contributed by atoms with van der Waals surface area (Å²) in [6.07, 6.45) is 0. The van der Waals surface area contributed by atoms with Gasteiger partial charge in [0.1, 0.15) is 0 Å². The zero-order valence-corrected chi connectivity index (χ0v) is 4.49. The van der Waals surface area contributed by atoms with Crippen molar-refractivity contribution in [3.8, 4) is 0 Å². The first-order chi connectivity index (χ1) is 0. The third kappa shape index (κ3) is 18.9. The van der Waals surface area contributed by atoms with Crippen LogP contribution >= 0.6 is 0 Å². The van der Waals surface area contributed by atoms with E-state index in [1.165, 1.54) is 0 Å². The van der Waals surface area contributed by atoms with Crippen LogP contribution in [0.15, 0.2) is 0 Å². The van der Waals surface area contributed by atoms with E-state index in [0.717, 1.165) is 0 Å². The van der Waals surface area contributed by atoms with Gasteiger partial charge in [0.25, 0.3) is 0 Å². The van der Waals surface area contributed by atoms with E-state index in [2.05, 4.69) is 0 Å². The molecule has 0 bridgehead atoms. The Labute approximate surface area is 38.6 Å². The van der Waals surface area contributed by atoms with Gasteiger partial charge >= 0.3 is 0 Å². The second-order valence-corrected chi connectivity index (χ2v) is 0. The van der Waals surface area contributed by atoms with E-state index in [9.17, 15) is 0 Å². The molecule has 0 heterocycles. The summed E-state index contributed by atoms with van der Waals surface area (Å²) in [6, 6.07) is 0. The summed E-state index contributed by atoms with van der Waals surface area (Å²) in [6.45, 7) is 0. The number of rotatable bonds is 0.